The Kier molecular flexibility index (Phi) is 5.41. The van der Waals surface area contributed by atoms with E-state index in [4.69, 9.17) is 4.74 Å². The number of nitrogens with zero attached hydrogens (tertiary/aromatic N) is 1. The van der Waals surface area contributed by atoms with Crippen molar-refractivity contribution >= 4 is 33.1 Å². The molecule has 2 aliphatic heterocycles. The SMILES string of the molecule is O=C(C[C@@H]1CCS(=O)(=O)C1)OCC(=O)N1c2ccccc2CCc2ccccc21. The average molecular weight is 413 g/mol. The molecule has 7 heteroatoms. The predicted octanol–water partition coefficient (Wildman–Crippen LogP) is 2.82. The number of hydrogen-bond acceptors (Lipinski definition) is 5. The molecule has 0 saturated carbocycles. The van der Waals surface area contributed by atoms with Gasteiger partial charge in [0.25, 0.3) is 5.91 Å². The van der Waals surface area contributed by atoms with Crippen LogP contribution in [0.2, 0.25) is 0 Å². The van der Waals surface area contributed by atoms with E-state index in [1.165, 1.54) is 0 Å². The molecule has 2 aliphatic rings. The van der Waals surface area contributed by atoms with Gasteiger partial charge in [0.2, 0.25) is 0 Å². The monoisotopic (exact) mass is 413 g/mol. The number of carbonyl (C=O) groups is 2. The fourth-order valence-corrected chi connectivity index (χ4v) is 5.94. The van der Waals surface area contributed by atoms with Crippen LogP contribution in [0.1, 0.15) is 24.0 Å². The molecule has 0 bridgehead atoms. The molecule has 0 N–H and O–H groups in total. The third-order valence-electron chi connectivity index (χ3n) is 5.52. The van der Waals surface area contributed by atoms with Crippen LogP contribution in [0, 0.1) is 5.92 Å². The number of aryl methyl sites for hydroxylation is 2. The van der Waals surface area contributed by atoms with E-state index in [0.29, 0.717) is 6.42 Å². The molecule has 0 aliphatic carbocycles. The Morgan fingerprint density at radius 3 is 2.10 bits per heavy atom. The molecule has 2 heterocycles. The molecule has 152 valence electrons. The number of carbonyl (C=O) groups excluding carboxylic acids is 2. The smallest absolute Gasteiger partial charge is 0.306 e. The Morgan fingerprint density at radius 1 is 0.966 bits per heavy atom. The molecule has 4 rings (SSSR count). The fourth-order valence-electron chi connectivity index (χ4n) is 4.08. The highest BCUT2D eigenvalue weighted by molar-refractivity contribution is 7.91. The lowest BCUT2D eigenvalue weighted by molar-refractivity contribution is -0.148. The molecule has 6 nitrogen and oxygen atoms in total. The van der Waals surface area contributed by atoms with Crippen LogP contribution in [0.3, 0.4) is 0 Å². The lowest BCUT2D eigenvalue weighted by atomic mass is 10.0. The van der Waals surface area contributed by atoms with Crippen molar-refractivity contribution in [3.05, 3.63) is 59.7 Å². The molecule has 0 spiro atoms. The van der Waals surface area contributed by atoms with Crippen molar-refractivity contribution in [1.82, 2.24) is 0 Å². The standard InChI is InChI=1S/C22H23NO5S/c24-21(14-28-22(25)13-16-11-12-29(26,27)15-16)23-19-7-3-1-5-17(19)9-10-18-6-2-4-8-20(18)23/h1-8,16H,9-15H2/t16-/m0/s1. The first-order valence-electron chi connectivity index (χ1n) is 9.78. The van der Waals surface area contributed by atoms with Crippen LogP contribution in [-0.2, 0) is 37.0 Å². The van der Waals surface area contributed by atoms with E-state index < -0.39 is 15.8 Å². The number of anilines is 2. The van der Waals surface area contributed by atoms with Crippen LogP contribution in [0.25, 0.3) is 0 Å². The van der Waals surface area contributed by atoms with Gasteiger partial charge in [-0.25, -0.2) is 8.42 Å². The minimum atomic E-state index is -3.04. The molecule has 29 heavy (non-hydrogen) atoms. The van der Waals surface area contributed by atoms with Crippen molar-refractivity contribution in [1.29, 1.82) is 0 Å². The van der Waals surface area contributed by atoms with Crippen molar-refractivity contribution in [3.63, 3.8) is 0 Å². The van der Waals surface area contributed by atoms with Gasteiger partial charge < -0.3 is 4.74 Å². The minimum absolute atomic E-state index is 0.0168. The Balaban J connectivity index is 1.49. The van der Waals surface area contributed by atoms with Crippen molar-refractivity contribution in [2.75, 3.05) is 23.0 Å². The van der Waals surface area contributed by atoms with Crippen molar-refractivity contribution < 1.29 is 22.7 Å². The second-order valence-electron chi connectivity index (χ2n) is 7.62. The van der Waals surface area contributed by atoms with Crippen LogP contribution < -0.4 is 4.90 Å². The fraction of sp³-hybridized carbons (Fsp3) is 0.364. The van der Waals surface area contributed by atoms with E-state index in [2.05, 4.69) is 0 Å². The van der Waals surface area contributed by atoms with Crippen molar-refractivity contribution in [2.45, 2.75) is 25.7 Å². The van der Waals surface area contributed by atoms with Crippen LogP contribution >= 0.6 is 0 Å². The molecule has 0 aromatic heterocycles. The van der Waals surface area contributed by atoms with Gasteiger partial charge in [-0.3, -0.25) is 14.5 Å². The predicted molar refractivity (Wildman–Crippen MR) is 110 cm³/mol. The van der Waals surface area contributed by atoms with Crippen molar-refractivity contribution in [3.8, 4) is 0 Å². The summed E-state index contributed by atoms with van der Waals surface area (Å²) < 4.78 is 28.3. The second kappa shape index (κ2) is 7.99. The van der Waals surface area contributed by atoms with E-state index in [1.807, 2.05) is 48.5 Å². The van der Waals surface area contributed by atoms with Crippen LogP contribution in [0.5, 0.6) is 0 Å². The number of fused-ring (bicyclic) bond motifs is 2. The first-order chi connectivity index (χ1) is 13.9. The van der Waals surface area contributed by atoms with Gasteiger partial charge in [-0.15, -0.1) is 0 Å². The first-order valence-corrected chi connectivity index (χ1v) is 11.6. The minimum Gasteiger partial charge on any atom is -0.456 e. The van der Waals surface area contributed by atoms with E-state index >= 15 is 0 Å². The van der Waals surface area contributed by atoms with Gasteiger partial charge in [0.1, 0.15) is 0 Å². The number of sulfone groups is 1. The lowest BCUT2D eigenvalue weighted by Crippen LogP contribution is -2.31. The number of ether oxygens (including phenoxy) is 1. The van der Waals surface area contributed by atoms with Gasteiger partial charge in [-0.1, -0.05) is 36.4 Å². The molecule has 1 atom stereocenters. The summed E-state index contributed by atoms with van der Waals surface area (Å²) in [5.41, 5.74) is 3.75. The quantitative estimate of drug-likeness (QED) is 0.720. The number of amides is 1. The van der Waals surface area contributed by atoms with Crippen LogP contribution in [-0.4, -0.2) is 38.4 Å². The van der Waals surface area contributed by atoms with Gasteiger partial charge >= 0.3 is 5.97 Å². The first kappa shape index (κ1) is 19.6. The molecule has 0 unspecified atom stereocenters. The second-order valence-corrected chi connectivity index (χ2v) is 9.85. The van der Waals surface area contributed by atoms with E-state index in [0.717, 1.165) is 35.3 Å². The van der Waals surface area contributed by atoms with Gasteiger partial charge in [-0.2, -0.15) is 0 Å². The van der Waals surface area contributed by atoms with Crippen molar-refractivity contribution in [2.24, 2.45) is 5.92 Å². The third kappa shape index (κ3) is 4.34. The zero-order valence-electron chi connectivity index (χ0n) is 16.0. The van der Waals surface area contributed by atoms with E-state index in [9.17, 15) is 18.0 Å². The van der Waals surface area contributed by atoms with Crippen LogP contribution in [0.15, 0.2) is 48.5 Å². The van der Waals surface area contributed by atoms with Gasteiger partial charge in [0, 0.05) is 6.42 Å². The topological polar surface area (TPSA) is 80.7 Å². The number of esters is 1. The highest BCUT2D eigenvalue weighted by Gasteiger charge is 2.31. The van der Waals surface area contributed by atoms with Gasteiger partial charge in [-0.05, 0) is 48.4 Å². The third-order valence-corrected chi connectivity index (χ3v) is 7.35. The summed E-state index contributed by atoms with van der Waals surface area (Å²) >= 11 is 0. The summed E-state index contributed by atoms with van der Waals surface area (Å²) in [4.78, 5) is 26.9. The maximum absolute atomic E-state index is 13.1. The largest absolute Gasteiger partial charge is 0.456 e. The summed E-state index contributed by atoms with van der Waals surface area (Å²) in [7, 11) is -3.04. The van der Waals surface area contributed by atoms with Crippen LogP contribution in [0.4, 0.5) is 11.4 Å². The molecule has 2 aromatic carbocycles. The highest BCUT2D eigenvalue weighted by atomic mass is 32.2. The molecular weight excluding hydrogens is 390 g/mol. The molecule has 0 radical (unpaired) electrons. The molecular formula is C22H23NO5S. The van der Waals surface area contributed by atoms with Gasteiger partial charge in [0.15, 0.2) is 16.4 Å². The van der Waals surface area contributed by atoms with E-state index in [-0.39, 0.29) is 36.4 Å². The number of para-hydroxylation sites is 2. The number of hydrogen-bond donors (Lipinski definition) is 0. The lowest BCUT2D eigenvalue weighted by Gasteiger charge is -2.25. The van der Waals surface area contributed by atoms with E-state index in [1.54, 1.807) is 4.90 Å². The Hall–Kier alpha value is -2.67. The molecule has 1 saturated heterocycles. The normalized spacial score (nSPS) is 19.7. The maximum atomic E-state index is 13.1. The van der Waals surface area contributed by atoms with Gasteiger partial charge in [0.05, 0.1) is 22.9 Å². The zero-order chi connectivity index (χ0) is 20.4. The zero-order valence-corrected chi connectivity index (χ0v) is 16.9. The summed E-state index contributed by atoms with van der Waals surface area (Å²) in [6.07, 6.45) is 2.15. The molecule has 1 fully saturated rings. The molecule has 1 amide bonds. The maximum Gasteiger partial charge on any atom is 0.306 e. The Bertz CT molecular complexity index is 999. The summed E-state index contributed by atoms with van der Waals surface area (Å²) in [6.45, 7) is -0.374. The summed E-state index contributed by atoms with van der Waals surface area (Å²) in [5.74, 6) is -0.938. The summed E-state index contributed by atoms with van der Waals surface area (Å²) in [5, 5.41) is 0. The highest BCUT2D eigenvalue weighted by Crippen LogP contribution is 2.36. The average Bonchev–Trinajstić information content (AvgIpc) is 2.95. The Morgan fingerprint density at radius 2 is 1.55 bits per heavy atom. The number of rotatable bonds is 4. The molecule has 2 aromatic rings. The number of benzene rings is 2. The Labute approximate surface area is 170 Å². The summed E-state index contributed by atoms with van der Waals surface area (Å²) in [6, 6.07) is 15.5.